The quantitative estimate of drug-likeness (QED) is 0.432. The van der Waals surface area contributed by atoms with Crippen LogP contribution in [0.5, 0.6) is 5.75 Å². The van der Waals surface area contributed by atoms with Crippen molar-refractivity contribution in [2.75, 3.05) is 45.8 Å². The Labute approximate surface area is 114 Å². The van der Waals surface area contributed by atoms with Gasteiger partial charge < -0.3 is 25.6 Å². The van der Waals surface area contributed by atoms with Crippen molar-refractivity contribution in [2.45, 2.75) is 12.8 Å². The summed E-state index contributed by atoms with van der Waals surface area (Å²) >= 11 is 0. The van der Waals surface area contributed by atoms with Crippen LogP contribution in [-0.4, -0.2) is 45.1 Å². The average Bonchev–Trinajstić information content (AvgIpc) is 2.42. The van der Waals surface area contributed by atoms with E-state index >= 15 is 0 Å². The van der Waals surface area contributed by atoms with Gasteiger partial charge in [0.1, 0.15) is 5.75 Å². The Hall–Kier alpha value is -1.30. The summed E-state index contributed by atoms with van der Waals surface area (Å²) in [5.74, 6) is 0.725. The van der Waals surface area contributed by atoms with Crippen molar-refractivity contribution in [3.63, 3.8) is 0 Å². The first-order valence-electron chi connectivity index (χ1n) is 6.59. The second kappa shape index (κ2) is 9.61. The second-order valence-corrected chi connectivity index (χ2v) is 4.27. The molecule has 5 heteroatoms. The van der Waals surface area contributed by atoms with E-state index in [0.29, 0.717) is 18.9 Å². The van der Waals surface area contributed by atoms with Gasteiger partial charge in [0.15, 0.2) is 0 Å². The Bertz CT molecular complexity index is 359. The molecule has 0 atom stereocenters. The van der Waals surface area contributed by atoms with Crippen molar-refractivity contribution >= 4 is 5.69 Å². The third kappa shape index (κ3) is 6.42. The zero-order valence-electron chi connectivity index (χ0n) is 11.5. The van der Waals surface area contributed by atoms with E-state index in [1.165, 1.54) is 5.56 Å². The van der Waals surface area contributed by atoms with Gasteiger partial charge in [0, 0.05) is 6.54 Å². The minimum atomic E-state index is 0.0822. The lowest BCUT2D eigenvalue weighted by atomic mass is 10.1. The summed E-state index contributed by atoms with van der Waals surface area (Å²) in [5.41, 5.74) is 7.76. The van der Waals surface area contributed by atoms with Crippen molar-refractivity contribution in [3.8, 4) is 5.75 Å². The Morgan fingerprint density at radius 1 is 1.26 bits per heavy atom. The van der Waals surface area contributed by atoms with Crippen molar-refractivity contribution in [1.29, 1.82) is 0 Å². The number of nitrogen functional groups attached to an aromatic ring is 1. The van der Waals surface area contributed by atoms with E-state index in [-0.39, 0.29) is 6.61 Å². The zero-order chi connectivity index (χ0) is 13.9. The molecule has 19 heavy (non-hydrogen) atoms. The predicted molar refractivity (Wildman–Crippen MR) is 76.5 cm³/mol. The van der Waals surface area contributed by atoms with Gasteiger partial charge in [0.25, 0.3) is 0 Å². The summed E-state index contributed by atoms with van der Waals surface area (Å²) in [6, 6.07) is 5.91. The van der Waals surface area contributed by atoms with Crippen molar-refractivity contribution in [2.24, 2.45) is 0 Å². The number of methoxy groups -OCH3 is 1. The normalized spacial score (nSPS) is 10.6. The number of hydrogen-bond acceptors (Lipinski definition) is 5. The van der Waals surface area contributed by atoms with Gasteiger partial charge in [-0.1, -0.05) is 6.07 Å². The molecule has 0 spiro atoms. The number of benzene rings is 1. The van der Waals surface area contributed by atoms with Crippen LogP contribution in [0.3, 0.4) is 0 Å². The number of anilines is 1. The molecule has 108 valence electrons. The van der Waals surface area contributed by atoms with Crippen LogP contribution in [0.15, 0.2) is 18.2 Å². The molecule has 0 radical (unpaired) electrons. The van der Waals surface area contributed by atoms with Crippen molar-refractivity contribution < 1.29 is 14.6 Å². The maximum Gasteiger partial charge on any atom is 0.141 e. The van der Waals surface area contributed by atoms with Crippen LogP contribution in [0.2, 0.25) is 0 Å². The molecule has 0 saturated heterocycles. The highest BCUT2D eigenvalue weighted by Crippen LogP contribution is 2.22. The monoisotopic (exact) mass is 268 g/mol. The van der Waals surface area contributed by atoms with Gasteiger partial charge in [-0.05, 0) is 37.1 Å². The Kier molecular flexibility index (Phi) is 7.97. The number of aliphatic hydroxyl groups is 1. The highest BCUT2D eigenvalue weighted by atomic mass is 16.5. The standard InChI is InChI=1S/C14H24N2O3/c1-18-14-5-4-12(11-13(14)15)3-2-6-16-7-9-19-10-8-17/h4-5,11,16-17H,2-3,6-10,15H2,1H3. The number of ether oxygens (including phenoxy) is 2. The molecule has 0 amide bonds. The lowest BCUT2D eigenvalue weighted by Gasteiger charge is -2.08. The molecule has 0 bridgehead atoms. The van der Waals surface area contributed by atoms with Gasteiger partial charge in [-0.25, -0.2) is 0 Å². The lowest BCUT2D eigenvalue weighted by molar-refractivity contribution is 0.0940. The van der Waals surface area contributed by atoms with Gasteiger partial charge in [0.05, 0.1) is 32.6 Å². The third-order valence-electron chi connectivity index (χ3n) is 2.77. The van der Waals surface area contributed by atoms with Gasteiger partial charge in [0.2, 0.25) is 0 Å². The fourth-order valence-electron chi connectivity index (χ4n) is 1.79. The average molecular weight is 268 g/mol. The molecule has 1 rings (SSSR count). The molecule has 5 nitrogen and oxygen atoms in total. The highest BCUT2D eigenvalue weighted by Gasteiger charge is 2.00. The molecular formula is C14H24N2O3. The fraction of sp³-hybridized carbons (Fsp3) is 0.571. The van der Waals surface area contributed by atoms with E-state index in [4.69, 9.17) is 20.3 Å². The smallest absolute Gasteiger partial charge is 0.141 e. The number of rotatable bonds is 10. The van der Waals surface area contributed by atoms with Crippen LogP contribution in [0.25, 0.3) is 0 Å². The lowest BCUT2D eigenvalue weighted by Crippen LogP contribution is -2.21. The summed E-state index contributed by atoms with van der Waals surface area (Å²) in [5, 5.41) is 11.8. The van der Waals surface area contributed by atoms with Crippen LogP contribution in [0.4, 0.5) is 5.69 Å². The molecule has 4 N–H and O–H groups in total. The Balaban J connectivity index is 2.11. The van der Waals surface area contributed by atoms with Crippen LogP contribution in [0.1, 0.15) is 12.0 Å². The first kappa shape index (κ1) is 15.8. The van der Waals surface area contributed by atoms with Gasteiger partial charge in [-0.2, -0.15) is 0 Å². The van der Waals surface area contributed by atoms with E-state index in [0.717, 1.165) is 31.7 Å². The number of nitrogens with one attached hydrogen (secondary N) is 1. The van der Waals surface area contributed by atoms with E-state index in [2.05, 4.69) is 5.32 Å². The van der Waals surface area contributed by atoms with E-state index in [1.54, 1.807) is 7.11 Å². The minimum Gasteiger partial charge on any atom is -0.495 e. The largest absolute Gasteiger partial charge is 0.495 e. The third-order valence-corrected chi connectivity index (χ3v) is 2.77. The van der Waals surface area contributed by atoms with Gasteiger partial charge in [-0.15, -0.1) is 0 Å². The SMILES string of the molecule is COc1ccc(CCCNCCOCCO)cc1N. The van der Waals surface area contributed by atoms with Crippen molar-refractivity contribution in [1.82, 2.24) is 5.32 Å². The molecule has 0 aliphatic rings. The Morgan fingerprint density at radius 2 is 2.11 bits per heavy atom. The topological polar surface area (TPSA) is 76.7 Å². The van der Waals surface area contributed by atoms with Gasteiger partial charge >= 0.3 is 0 Å². The molecule has 0 unspecified atom stereocenters. The molecule has 1 aromatic rings. The minimum absolute atomic E-state index is 0.0822. The molecule has 1 aromatic carbocycles. The number of nitrogens with two attached hydrogens (primary N) is 1. The molecule has 0 saturated carbocycles. The van der Waals surface area contributed by atoms with E-state index in [1.807, 2.05) is 18.2 Å². The summed E-state index contributed by atoms with van der Waals surface area (Å²) in [4.78, 5) is 0. The predicted octanol–water partition coefficient (Wildman–Crippen LogP) is 0.808. The molecular weight excluding hydrogens is 244 g/mol. The van der Waals surface area contributed by atoms with Crippen LogP contribution < -0.4 is 15.8 Å². The van der Waals surface area contributed by atoms with Crippen molar-refractivity contribution in [3.05, 3.63) is 23.8 Å². The molecule has 0 aromatic heterocycles. The molecule has 0 fully saturated rings. The fourth-order valence-corrected chi connectivity index (χ4v) is 1.79. The number of aliphatic hydroxyl groups excluding tert-OH is 1. The van der Waals surface area contributed by atoms with E-state index in [9.17, 15) is 0 Å². The first-order valence-corrected chi connectivity index (χ1v) is 6.59. The van der Waals surface area contributed by atoms with Crippen LogP contribution in [-0.2, 0) is 11.2 Å². The summed E-state index contributed by atoms with van der Waals surface area (Å²) < 4.78 is 10.3. The van der Waals surface area contributed by atoms with E-state index < -0.39 is 0 Å². The first-order chi connectivity index (χ1) is 9.27. The Morgan fingerprint density at radius 3 is 2.79 bits per heavy atom. The summed E-state index contributed by atoms with van der Waals surface area (Å²) in [6.07, 6.45) is 2.03. The number of aryl methyl sites for hydroxylation is 1. The zero-order valence-corrected chi connectivity index (χ0v) is 11.5. The van der Waals surface area contributed by atoms with Crippen LogP contribution >= 0.6 is 0 Å². The summed E-state index contributed by atoms with van der Waals surface area (Å²) in [6.45, 7) is 2.88. The molecule has 0 aliphatic carbocycles. The molecule has 0 aliphatic heterocycles. The maximum atomic E-state index is 8.53. The number of hydrogen-bond donors (Lipinski definition) is 3. The van der Waals surface area contributed by atoms with Crippen LogP contribution in [0, 0.1) is 0 Å². The molecule has 0 heterocycles. The van der Waals surface area contributed by atoms with Gasteiger partial charge in [-0.3, -0.25) is 0 Å². The maximum absolute atomic E-state index is 8.53. The second-order valence-electron chi connectivity index (χ2n) is 4.27. The highest BCUT2D eigenvalue weighted by molar-refractivity contribution is 5.54. The summed E-state index contributed by atoms with van der Waals surface area (Å²) in [7, 11) is 1.62.